The fraction of sp³-hybridized carbons (Fsp3) is 0.900. The van der Waals surface area contributed by atoms with Gasteiger partial charge in [-0.3, -0.25) is 4.79 Å². The number of hydrogen-bond donors (Lipinski definition) is 0. The molecule has 0 atom stereocenters. The van der Waals surface area contributed by atoms with Gasteiger partial charge in [-0.15, -0.1) is 0 Å². The number of hydrazine groups is 1. The fourth-order valence-electron chi connectivity index (χ4n) is 1.41. The van der Waals surface area contributed by atoms with Gasteiger partial charge >= 0.3 is 14.8 Å². The van der Waals surface area contributed by atoms with Gasteiger partial charge in [-0.25, -0.2) is 10.0 Å². The fourth-order valence-corrected chi connectivity index (χ4v) is 3.19. The number of carbonyl (C=O) groups excluding carboxylic acids is 1. The van der Waals surface area contributed by atoms with Crippen molar-refractivity contribution in [2.45, 2.75) is 6.42 Å². The van der Waals surface area contributed by atoms with Crippen LogP contribution in [-0.2, 0) is 22.8 Å². The molecule has 0 heterocycles. The average molecular weight is 280 g/mol. The Kier molecular flexibility index (Phi) is 8.32. The lowest BCUT2D eigenvalue weighted by Crippen LogP contribution is -2.56. The van der Waals surface area contributed by atoms with E-state index < -0.39 is 8.80 Å². The van der Waals surface area contributed by atoms with Gasteiger partial charge in [0.1, 0.15) is 0 Å². The molecule has 0 aromatic rings. The second kappa shape index (κ2) is 8.56. The van der Waals surface area contributed by atoms with Crippen molar-refractivity contribution < 1.29 is 22.8 Å². The highest BCUT2D eigenvalue weighted by Gasteiger charge is 2.40. The van der Waals surface area contributed by atoms with E-state index in [0.717, 1.165) is 0 Å². The minimum absolute atomic E-state index is 0.249. The maximum Gasteiger partial charge on any atom is 0.516 e. The molecule has 0 rings (SSSR count). The van der Waals surface area contributed by atoms with Crippen LogP contribution in [0.15, 0.2) is 0 Å². The molecule has 0 aliphatic heterocycles. The molecule has 0 radical (unpaired) electrons. The van der Waals surface area contributed by atoms with Crippen LogP contribution in [0, 0.1) is 0 Å². The zero-order chi connectivity index (χ0) is 14.2. The molecule has 7 nitrogen and oxygen atoms in total. The monoisotopic (exact) mass is 280 g/mol. The van der Waals surface area contributed by atoms with Crippen LogP contribution < -0.4 is 0 Å². The van der Waals surface area contributed by atoms with Crippen LogP contribution in [0.25, 0.3) is 0 Å². The molecule has 0 fully saturated rings. The maximum absolute atomic E-state index is 11.2. The van der Waals surface area contributed by atoms with Crippen LogP contribution in [0.3, 0.4) is 0 Å². The van der Waals surface area contributed by atoms with Crippen molar-refractivity contribution in [3.05, 3.63) is 0 Å². The van der Waals surface area contributed by atoms with Crippen molar-refractivity contribution >= 4 is 14.8 Å². The summed E-state index contributed by atoms with van der Waals surface area (Å²) in [6, 6.07) is 0. The van der Waals surface area contributed by atoms with Gasteiger partial charge in [0.25, 0.3) is 0 Å². The van der Waals surface area contributed by atoms with E-state index in [1.54, 1.807) is 21.3 Å². The first kappa shape index (κ1) is 17.5. The summed E-state index contributed by atoms with van der Waals surface area (Å²) in [6.45, 7) is 0.518. The van der Waals surface area contributed by atoms with Gasteiger partial charge in [-0.05, 0) is 0 Å². The summed E-state index contributed by atoms with van der Waals surface area (Å²) in [5.74, 6) is -0.249. The second-order valence-corrected chi connectivity index (χ2v) is 6.76. The summed E-state index contributed by atoms with van der Waals surface area (Å²) in [5.41, 5.74) is 0. The van der Waals surface area contributed by atoms with Gasteiger partial charge in [0.2, 0.25) is 0 Å². The summed E-state index contributed by atoms with van der Waals surface area (Å²) in [5, 5.41) is 3.81. The van der Waals surface area contributed by atoms with Crippen molar-refractivity contribution in [2.75, 3.05) is 55.2 Å². The molecule has 0 N–H and O–H groups in total. The van der Waals surface area contributed by atoms with Crippen LogP contribution in [0.2, 0.25) is 0 Å². The average Bonchev–Trinajstić information content (AvgIpc) is 2.39. The predicted octanol–water partition coefficient (Wildman–Crippen LogP) is -0.255. The van der Waals surface area contributed by atoms with Crippen molar-refractivity contribution in [3.8, 4) is 0 Å². The Bertz CT molecular complexity index is 240. The molecule has 18 heavy (non-hydrogen) atoms. The molecule has 0 amide bonds. The summed E-state index contributed by atoms with van der Waals surface area (Å²) in [4.78, 5) is 11.2. The van der Waals surface area contributed by atoms with Crippen molar-refractivity contribution in [1.29, 1.82) is 0 Å². The predicted molar refractivity (Wildman–Crippen MR) is 68.7 cm³/mol. The van der Waals surface area contributed by atoms with Crippen LogP contribution in [0.4, 0.5) is 0 Å². The van der Waals surface area contributed by atoms with E-state index in [9.17, 15) is 4.79 Å². The van der Waals surface area contributed by atoms with Crippen LogP contribution in [-0.4, -0.2) is 80.0 Å². The van der Waals surface area contributed by atoms with Crippen molar-refractivity contribution in [2.24, 2.45) is 0 Å². The minimum atomic E-state index is -2.69. The lowest BCUT2D eigenvalue weighted by molar-refractivity contribution is -0.141. The highest BCUT2D eigenvalue weighted by atomic mass is 28.4. The van der Waals surface area contributed by atoms with Gasteiger partial charge in [0.05, 0.1) is 19.7 Å². The van der Waals surface area contributed by atoms with Gasteiger partial charge in [0.15, 0.2) is 0 Å². The van der Waals surface area contributed by atoms with Crippen molar-refractivity contribution in [3.63, 3.8) is 0 Å². The van der Waals surface area contributed by atoms with Crippen LogP contribution in [0.5, 0.6) is 0 Å². The largest absolute Gasteiger partial charge is 0.516 e. The molecule has 8 heteroatoms. The number of carbonyl (C=O) groups is 1. The first-order chi connectivity index (χ1) is 8.44. The molecule has 108 valence electrons. The number of nitrogens with zero attached hydrogens (tertiary/aromatic N) is 2. The number of hydrogen-bond acceptors (Lipinski definition) is 7. The van der Waals surface area contributed by atoms with E-state index in [-0.39, 0.29) is 5.97 Å². The summed E-state index contributed by atoms with van der Waals surface area (Å²) in [7, 11) is 7.14. The Balaban J connectivity index is 4.55. The highest BCUT2D eigenvalue weighted by molar-refractivity contribution is 6.60. The Morgan fingerprint density at radius 3 is 1.89 bits per heavy atom. The van der Waals surface area contributed by atoms with E-state index in [0.29, 0.717) is 19.1 Å². The first-order valence-electron chi connectivity index (χ1n) is 5.59. The lowest BCUT2D eigenvalue weighted by Gasteiger charge is -2.34. The van der Waals surface area contributed by atoms with E-state index in [1.165, 1.54) is 7.11 Å². The third kappa shape index (κ3) is 5.42. The number of rotatable bonds is 9. The third-order valence-electron chi connectivity index (χ3n) is 2.68. The van der Waals surface area contributed by atoms with E-state index in [4.69, 9.17) is 13.3 Å². The van der Waals surface area contributed by atoms with Crippen molar-refractivity contribution in [1.82, 2.24) is 10.0 Å². The minimum Gasteiger partial charge on any atom is -0.469 e. The van der Waals surface area contributed by atoms with Gasteiger partial charge in [0, 0.05) is 42.0 Å². The molecule has 0 aromatic heterocycles. The molecule has 0 aliphatic rings. The topological polar surface area (TPSA) is 60.5 Å². The Hall–Kier alpha value is -0.513. The molecule has 0 spiro atoms. The zero-order valence-corrected chi connectivity index (χ0v) is 13.1. The molecule has 0 aliphatic carbocycles. The molecular weight excluding hydrogens is 256 g/mol. The molecule has 0 aromatic carbocycles. The Morgan fingerprint density at radius 1 is 1.06 bits per heavy atom. The highest BCUT2D eigenvalue weighted by Crippen LogP contribution is 2.10. The Labute approximate surface area is 110 Å². The maximum atomic E-state index is 11.2. The summed E-state index contributed by atoms with van der Waals surface area (Å²) in [6.07, 6.45) is 0.775. The van der Waals surface area contributed by atoms with Crippen LogP contribution >= 0.6 is 0 Å². The quantitative estimate of drug-likeness (QED) is 0.328. The summed E-state index contributed by atoms with van der Waals surface area (Å²) >= 11 is 0. The SMILES string of the molecule is COC(=O)CCN(C[Si](OC)(OC)OC)N(C)C. The molecule has 0 unspecified atom stereocenters. The Morgan fingerprint density at radius 2 is 1.56 bits per heavy atom. The third-order valence-corrected chi connectivity index (χ3v) is 5.29. The molecule has 0 bridgehead atoms. The van der Waals surface area contributed by atoms with Gasteiger partial charge in [-0.1, -0.05) is 0 Å². The lowest BCUT2D eigenvalue weighted by atomic mass is 10.4. The smallest absolute Gasteiger partial charge is 0.469 e. The molecule has 0 saturated carbocycles. The number of methoxy groups -OCH3 is 1. The van der Waals surface area contributed by atoms with Crippen LogP contribution in [0.1, 0.15) is 6.42 Å². The molecule has 0 saturated heterocycles. The van der Waals surface area contributed by atoms with E-state index in [2.05, 4.69) is 4.74 Å². The van der Waals surface area contributed by atoms with E-state index >= 15 is 0 Å². The second-order valence-electron chi connectivity index (χ2n) is 3.86. The van der Waals surface area contributed by atoms with Gasteiger partial charge < -0.3 is 18.0 Å². The number of ether oxygens (including phenoxy) is 1. The van der Waals surface area contributed by atoms with E-state index in [1.807, 2.05) is 24.1 Å². The summed E-state index contributed by atoms with van der Waals surface area (Å²) < 4.78 is 20.7. The molecular formula is C10H24N2O5Si. The number of esters is 1. The zero-order valence-electron chi connectivity index (χ0n) is 12.1. The normalized spacial score (nSPS) is 12.2. The van der Waals surface area contributed by atoms with Gasteiger partial charge in [-0.2, -0.15) is 0 Å². The first-order valence-corrected chi connectivity index (χ1v) is 7.52. The standard InChI is InChI=1S/C10H24N2O5Si/c1-11(2)12(8-7-10(13)14-3)9-18(15-4,16-5)17-6/h7-9H2,1-6H3.